The zero-order chi connectivity index (χ0) is 10.0. The van der Waals surface area contributed by atoms with Gasteiger partial charge in [0.05, 0.1) is 17.8 Å². The fourth-order valence-corrected chi connectivity index (χ4v) is 2.73. The van der Waals surface area contributed by atoms with Gasteiger partial charge in [-0.15, -0.1) is 0 Å². The summed E-state index contributed by atoms with van der Waals surface area (Å²) in [5.74, 6) is 0. The van der Waals surface area contributed by atoms with Crippen LogP contribution in [0.3, 0.4) is 0 Å². The summed E-state index contributed by atoms with van der Waals surface area (Å²) in [6, 6.07) is 0. The van der Waals surface area contributed by atoms with Crippen LogP contribution in [-0.4, -0.2) is 38.5 Å². The number of ether oxygens (including phenoxy) is 2. The number of hydrogen-bond donors (Lipinski definition) is 1. The minimum absolute atomic E-state index is 0.181. The lowest BCUT2D eigenvalue weighted by molar-refractivity contribution is -0.210. The first-order valence-electron chi connectivity index (χ1n) is 5.63. The average Bonchev–Trinajstić information content (AvgIpc) is 2.15. The van der Waals surface area contributed by atoms with Gasteiger partial charge in [-0.1, -0.05) is 0 Å². The Balaban J connectivity index is 1.83. The number of hydrogen-bond acceptors (Lipinski definition) is 3. The molecule has 2 aliphatic rings. The third-order valence-electron chi connectivity index (χ3n) is 3.54. The largest absolute Gasteiger partial charge is 0.381 e. The smallest absolute Gasteiger partial charge is 0.0736 e. The first-order valence-corrected chi connectivity index (χ1v) is 5.63. The van der Waals surface area contributed by atoms with Crippen molar-refractivity contribution in [3.05, 3.63) is 0 Å². The van der Waals surface area contributed by atoms with E-state index in [-0.39, 0.29) is 5.60 Å². The van der Waals surface area contributed by atoms with Crippen molar-refractivity contribution >= 4 is 0 Å². The molecule has 2 rings (SSSR count). The zero-order valence-electron chi connectivity index (χ0n) is 9.21. The fourth-order valence-electron chi connectivity index (χ4n) is 2.73. The summed E-state index contributed by atoms with van der Waals surface area (Å²) in [4.78, 5) is 0. The van der Waals surface area contributed by atoms with Gasteiger partial charge in [0.15, 0.2) is 0 Å². The molecule has 1 spiro atoms. The first kappa shape index (κ1) is 10.4. The van der Waals surface area contributed by atoms with Crippen molar-refractivity contribution in [2.45, 2.75) is 49.9 Å². The molecule has 1 saturated heterocycles. The lowest BCUT2D eigenvalue weighted by atomic mass is 9.72. The highest BCUT2D eigenvalue weighted by Gasteiger charge is 2.48. The predicted octanol–water partition coefficient (Wildman–Crippen LogP) is 1.32. The third-order valence-corrected chi connectivity index (χ3v) is 3.54. The Morgan fingerprint density at radius 3 is 2.93 bits per heavy atom. The maximum absolute atomic E-state index is 6.14. The van der Waals surface area contributed by atoms with Gasteiger partial charge in [0.25, 0.3) is 0 Å². The first-order chi connectivity index (χ1) is 6.78. The highest BCUT2D eigenvalue weighted by atomic mass is 16.5. The summed E-state index contributed by atoms with van der Waals surface area (Å²) in [6.07, 6.45) is 6.82. The molecule has 1 heterocycles. The minimum atomic E-state index is 0.181. The van der Waals surface area contributed by atoms with E-state index < -0.39 is 0 Å². The molecule has 14 heavy (non-hydrogen) atoms. The van der Waals surface area contributed by atoms with Crippen molar-refractivity contribution in [3.63, 3.8) is 0 Å². The predicted molar refractivity (Wildman–Crippen MR) is 55.4 cm³/mol. The lowest BCUT2D eigenvalue weighted by Gasteiger charge is -2.51. The molecule has 0 aromatic heterocycles. The fraction of sp³-hybridized carbons (Fsp3) is 1.00. The maximum atomic E-state index is 6.14. The van der Waals surface area contributed by atoms with Gasteiger partial charge in [0.1, 0.15) is 0 Å². The van der Waals surface area contributed by atoms with Crippen LogP contribution in [0.5, 0.6) is 0 Å². The van der Waals surface area contributed by atoms with E-state index in [1.165, 1.54) is 19.3 Å². The van der Waals surface area contributed by atoms with Crippen LogP contribution < -0.4 is 5.32 Å². The van der Waals surface area contributed by atoms with Gasteiger partial charge >= 0.3 is 0 Å². The molecule has 0 amide bonds. The monoisotopic (exact) mass is 199 g/mol. The second-order valence-corrected chi connectivity index (χ2v) is 4.64. The van der Waals surface area contributed by atoms with Gasteiger partial charge in [0, 0.05) is 26.5 Å². The van der Waals surface area contributed by atoms with Crippen molar-refractivity contribution in [2.75, 3.05) is 20.7 Å². The van der Waals surface area contributed by atoms with E-state index in [0.717, 1.165) is 19.4 Å². The molecule has 0 aromatic carbocycles. The van der Waals surface area contributed by atoms with E-state index in [0.29, 0.717) is 12.2 Å². The molecule has 0 aromatic rings. The highest BCUT2D eigenvalue weighted by molar-refractivity contribution is 4.99. The summed E-state index contributed by atoms with van der Waals surface area (Å²) in [6.45, 7) is 0.986. The lowest BCUT2D eigenvalue weighted by Crippen LogP contribution is -2.55. The van der Waals surface area contributed by atoms with Crippen LogP contribution in [0.4, 0.5) is 0 Å². The number of rotatable bonds is 3. The Kier molecular flexibility index (Phi) is 3.10. The van der Waals surface area contributed by atoms with Crippen LogP contribution in [0.25, 0.3) is 0 Å². The van der Waals surface area contributed by atoms with Crippen LogP contribution in [0.15, 0.2) is 0 Å². The molecule has 3 heteroatoms. The van der Waals surface area contributed by atoms with Crippen LogP contribution in [0.1, 0.15) is 32.1 Å². The van der Waals surface area contributed by atoms with E-state index in [2.05, 4.69) is 5.32 Å². The average molecular weight is 199 g/mol. The Hall–Kier alpha value is -0.120. The van der Waals surface area contributed by atoms with E-state index >= 15 is 0 Å². The second-order valence-electron chi connectivity index (χ2n) is 4.64. The van der Waals surface area contributed by atoms with Gasteiger partial charge in [0.2, 0.25) is 0 Å². The van der Waals surface area contributed by atoms with Crippen molar-refractivity contribution in [2.24, 2.45) is 0 Å². The molecule has 0 radical (unpaired) electrons. The van der Waals surface area contributed by atoms with Gasteiger partial charge < -0.3 is 14.8 Å². The molecule has 1 aliphatic heterocycles. The molecule has 82 valence electrons. The van der Waals surface area contributed by atoms with E-state index in [1.54, 1.807) is 7.11 Å². The molecule has 1 aliphatic carbocycles. The highest BCUT2D eigenvalue weighted by Crippen LogP contribution is 2.45. The summed E-state index contributed by atoms with van der Waals surface area (Å²) < 4.78 is 11.5. The van der Waals surface area contributed by atoms with E-state index in [4.69, 9.17) is 9.47 Å². The van der Waals surface area contributed by atoms with E-state index in [1.807, 2.05) is 7.05 Å². The number of likely N-dealkylation sites (N-methyl/N-ethyl adjacent to an activating group) is 1. The van der Waals surface area contributed by atoms with Crippen LogP contribution in [0, 0.1) is 0 Å². The number of nitrogens with one attached hydrogen (secondary N) is 1. The normalized spacial score (nSPS) is 42.4. The zero-order valence-corrected chi connectivity index (χ0v) is 9.21. The Labute approximate surface area is 86.2 Å². The van der Waals surface area contributed by atoms with Crippen molar-refractivity contribution in [1.29, 1.82) is 0 Å². The third kappa shape index (κ3) is 1.95. The van der Waals surface area contributed by atoms with Crippen LogP contribution in [0.2, 0.25) is 0 Å². The minimum Gasteiger partial charge on any atom is -0.381 e. The molecule has 3 nitrogen and oxygen atoms in total. The molecule has 1 unspecified atom stereocenters. The van der Waals surface area contributed by atoms with Crippen LogP contribution in [-0.2, 0) is 9.47 Å². The molecule has 0 bridgehead atoms. The van der Waals surface area contributed by atoms with E-state index in [9.17, 15) is 0 Å². The standard InChI is InChI=1S/C11H21NO2/c1-12-8-9-4-3-5-11(14-9)6-10(7-11)13-2/h9-10,12H,3-8H2,1-2H3. The van der Waals surface area contributed by atoms with Crippen molar-refractivity contribution in [3.8, 4) is 0 Å². The molecule has 1 N–H and O–H groups in total. The Morgan fingerprint density at radius 1 is 1.50 bits per heavy atom. The van der Waals surface area contributed by atoms with Crippen LogP contribution >= 0.6 is 0 Å². The SMILES string of the molecule is CNCC1CCCC2(CC(OC)C2)O1. The molecule has 1 saturated carbocycles. The van der Waals surface area contributed by atoms with Gasteiger partial charge in [-0.2, -0.15) is 0 Å². The molecular weight excluding hydrogens is 178 g/mol. The van der Waals surface area contributed by atoms with Gasteiger partial charge in [-0.05, 0) is 26.3 Å². The van der Waals surface area contributed by atoms with Gasteiger partial charge in [-0.3, -0.25) is 0 Å². The Bertz CT molecular complexity index is 188. The number of methoxy groups -OCH3 is 1. The second kappa shape index (κ2) is 4.17. The molecule has 1 atom stereocenters. The summed E-state index contributed by atoms with van der Waals surface area (Å²) in [7, 11) is 3.79. The maximum Gasteiger partial charge on any atom is 0.0736 e. The van der Waals surface area contributed by atoms with Crippen molar-refractivity contribution < 1.29 is 9.47 Å². The summed E-state index contributed by atoms with van der Waals surface area (Å²) in [5.41, 5.74) is 0.181. The summed E-state index contributed by atoms with van der Waals surface area (Å²) >= 11 is 0. The van der Waals surface area contributed by atoms with Crippen molar-refractivity contribution in [1.82, 2.24) is 5.32 Å². The Morgan fingerprint density at radius 2 is 2.29 bits per heavy atom. The molecule has 2 fully saturated rings. The van der Waals surface area contributed by atoms with Gasteiger partial charge in [-0.25, -0.2) is 0 Å². The summed E-state index contributed by atoms with van der Waals surface area (Å²) in [5, 5.41) is 3.19. The molecular formula is C11H21NO2. The topological polar surface area (TPSA) is 30.5 Å². The quantitative estimate of drug-likeness (QED) is 0.743.